The molecule has 2 heteroatoms. The maximum absolute atomic E-state index is 9.70. The minimum absolute atomic E-state index is 0.245. The molecule has 0 aromatic heterocycles. The molecule has 1 saturated carbocycles. The minimum Gasteiger partial charge on any atom is -0.508 e. The predicted molar refractivity (Wildman–Crippen MR) is 83.1 cm³/mol. The van der Waals surface area contributed by atoms with E-state index in [0.29, 0.717) is 5.75 Å². The van der Waals surface area contributed by atoms with Crippen molar-refractivity contribution in [2.75, 3.05) is 0 Å². The average molecular weight is 276 g/mol. The van der Waals surface area contributed by atoms with Gasteiger partial charge < -0.3 is 10.2 Å². The third-order valence-electron chi connectivity index (χ3n) is 4.60. The van der Waals surface area contributed by atoms with E-state index in [-0.39, 0.29) is 5.75 Å². The second-order valence-electron chi connectivity index (χ2n) is 6.27. The summed E-state index contributed by atoms with van der Waals surface area (Å²) < 4.78 is 0. The van der Waals surface area contributed by atoms with Gasteiger partial charge >= 0.3 is 0 Å². The van der Waals surface area contributed by atoms with E-state index in [9.17, 15) is 10.2 Å². The highest BCUT2D eigenvalue weighted by atomic mass is 16.3. The standard InChI is InChI=1S/C18H28O2/c19-17-12-13-18(20)16(14-17)11-7-2-1-4-8-15-9-5-3-6-10-15/h12-15,19-20H,1-11H2. The van der Waals surface area contributed by atoms with Gasteiger partial charge in [-0.15, -0.1) is 0 Å². The molecule has 2 N–H and O–H groups in total. The Hall–Kier alpha value is -1.18. The first-order valence-electron chi connectivity index (χ1n) is 8.26. The summed E-state index contributed by atoms with van der Waals surface area (Å²) in [6.45, 7) is 0. The van der Waals surface area contributed by atoms with Gasteiger partial charge in [0.15, 0.2) is 0 Å². The summed E-state index contributed by atoms with van der Waals surface area (Å²) in [5, 5.41) is 19.1. The molecule has 0 aliphatic heterocycles. The number of rotatable bonds is 7. The lowest BCUT2D eigenvalue weighted by molar-refractivity contribution is 0.328. The van der Waals surface area contributed by atoms with Gasteiger partial charge in [-0.1, -0.05) is 57.8 Å². The number of phenols is 2. The first kappa shape index (κ1) is 15.2. The molecule has 1 aromatic carbocycles. The molecule has 0 heterocycles. The van der Waals surface area contributed by atoms with Gasteiger partial charge in [0.1, 0.15) is 11.5 Å². The molecule has 0 atom stereocenters. The minimum atomic E-state index is 0.245. The zero-order valence-corrected chi connectivity index (χ0v) is 12.5. The van der Waals surface area contributed by atoms with Crippen LogP contribution in [0.1, 0.15) is 69.8 Å². The van der Waals surface area contributed by atoms with Crippen molar-refractivity contribution in [2.24, 2.45) is 5.92 Å². The number of hydrogen-bond donors (Lipinski definition) is 2. The zero-order chi connectivity index (χ0) is 14.2. The lowest BCUT2D eigenvalue weighted by atomic mass is 9.85. The fraction of sp³-hybridized carbons (Fsp3) is 0.667. The third kappa shape index (κ3) is 5.07. The van der Waals surface area contributed by atoms with Crippen LogP contribution in [0.25, 0.3) is 0 Å². The number of unbranched alkanes of at least 4 members (excludes halogenated alkanes) is 3. The Bertz CT molecular complexity index is 394. The van der Waals surface area contributed by atoms with Crippen LogP contribution in [0.15, 0.2) is 18.2 Å². The van der Waals surface area contributed by atoms with Crippen molar-refractivity contribution >= 4 is 0 Å². The monoisotopic (exact) mass is 276 g/mol. The SMILES string of the molecule is Oc1ccc(O)c(CCCCCCC2CCCCC2)c1. The van der Waals surface area contributed by atoms with Crippen molar-refractivity contribution < 1.29 is 10.2 Å². The quantitative estimate of drug-likeness (QED) is 0.532. The highest BCUT2D eigenvalue weighted by Crippen LogP contribution is 2.28. The van der Waals surface area contributed by atoms with Crippen LogP contribution in [0.5, 0.6) is 11.5 Å². The Labute approximate surface area is 122 Å². The summed E-state index contributed by atoms with van der Waals surface area (Å²) in [5.74, 6) is 1.55. The molecule has 0 bridgehead atoms. The Balaban J connectivity index is 1.56. The fourth-order valence-electron chi connectivity index (χ4n) is 3.35. The lowest BCUT2D eigenvalue weighted by Gasteiger charge is -2.21. The topological polar surface area (TPSA) is 40.5 Å². The largest absolute Gasteiger partial charge is 0.508 e. The molecule has 0 amide bonds. The number of benzene rings is 1. The van der Waals surface area contributed by atoms with Crippen LogP contribution in [0.4, 0.5) is 0 Å². The van der Waals surface area contributed by atoms with Crippen LogP contribution in [-0.2, 0) is 6.42 Å². The molecule has 1 aliphatic carbocycles. The normalized spacial score (nSPS) is 16.4. The van der Waals surface area contributed by atoms with E-state index in [4.69, 9.17) is 0 Å². The number of aryl methyl sites for hydroxylation is 1. The summed E-state index contributed by atoms with van der Waals surface area (Å²) in [6.07, 6.45) is 14.5. The second kappa shape index (κ2) is 8.18. The lowest BCUT2D eigenvalue weighted by Crippen LogP contribution is -2.05. The van der Waals surface area contributed by atoms with Crippen molar-refractivity contribution in [1.29, 1.82) is 0 Å². The Morgan fingerprint density at radius 2 is 1.65 bits per heavy atom. The maximum atomic E-state index is 9.70. The molecule has 0 spiro atoms. The fourth-order valence-corrected chi connectivity index (χ4v) is 3.35. The summed E-state index contributed by atoms with van der Waals surface area (Å²) >= 11 is 0. The molecular formula is C18H28O2. The Kier molecular flexibility index (Phi) is 6.23. The first-order valence-corrected chi connectivity index (χ1v) is 8.26. The van der Waals surface area contributed by atoms with E-state index >= 15 is 0 Å². The van der Waals surface area contributed by atoms with Crippen molar-refractivity contribution in [3.8, 4) is 11.5 Å². The van der Waals surface area contributed by atoms with Gasteiger partial charge in [-0.25, -0.2) is 0 Å². The summed E-state index contributed by atoms with van der Waals surface area (Å²) in [5.41, 5.74) is 0.872. The van der Waals surface area contributed by atoms with E-state index in [2.05, 4.69) is 0 Å². The Morgan fingerprint density at radius 1 is 0.900 bits per heavy atom. The summed E-state index contributed by atoms with van der Waals surface area (Å²) in [6, 6.07) is 4.79. The van der Waals surface area contributed by atoms with Gasteiger partial charge in [-0.2, -0.15) is 0 Å². The Morgan fingerprint density at radius 3 is 2.45 bits per heavy atom. The van der Waals surface area contributed by atoms with Crippen LogP contribution in [0.3, 0.4) is 0 Å². The predicted octanol–water partition coefficient (Wildman–Crippen LogP) is 5.17. The average Bonchev–Trinajstić information content (AvgIpc) is 2.47. The van der Waals surface area contributed by atoms with E-state index in [1.165, 1.54) is 63.9 Å². The zero-order valence-electron chi connectivity index (χ0n) is 12.5. The molecular weight excluding hydrogens is 248 g/mol. The van der Waals surface area contributed by atoms with Crippen LogP contribution >= 0.6 is 0 Å². The molecule has 0 saturated heterocycles. The van der Waals surface area contributed by atoms with Crippen molar-refractivity contribution in [1.82, 2.24) is 0 Å². The number of phenolic OH excluding ortho intramolecular Hbond substituents is 2. The highest BCUT2D eigenvalue weighted by Gasteiger charge is 2.12. The van der Waals surface area contributed by atoms with E-state index in [0.717, 1.165) is 24.3 Å². The number of hydrogen-bond acceptors (Lipinski definition) is 2. The van der Waals surface area contributed by atoms with E-state index < -0.39 is 0 Å². The summed E-state index contributed by atoms with van der Waals surface area (Å²) in [7, 11) is 0. The van der Waals surface area contributed by atoms with Crippen molar-refractivity contribution in [3.05, 3.63) is 23.8 Å². The van der Waals surface area contributed by atoms with Gasteiger partial charge in [-0.05, 0) is 42.5 Å². The van der Waals surface area contributed by atoms with Gasteiger partial charge in [0, 0.05) is 0 Å². The molecule has 2 nitrogen and oxygen atoms in total. The number of aromatic hydroxyl groups is 2. The molecule has 0 radical (unpaired) electrons. The maximum Gasteiger partial charge on any atom is 0.119 e. The van der Waals surface area contributed by atoms with Gasteiger partial charge in [0.05, 0.1) is 0 Å². The third-order valence-corrected chi connectivity index (χ3v) is 4.60. The molecule has 1 aromatic rings. The smallest absolute Gasteiger partial charge is 0.119 e. The molecule has 0 unspecified atom stereocenters. The molecule has 1 aliphatic rings. The highest BCUT2D eigenvalue weighted by molar-refractivity contribution is 5.38. The molecule has 20 heavy (non-hydrogen) atoms. The van der Waals surface area contributed by atoms with Crippen LogP contribution < -0.4 is 0 Å². The first-order chi connectivity index (χ1) is 9.75. The summed E-state index contributed by atoms with van der Waals surface area (Å²) in [4.78, 5) is 0. The van der Waals surface area contributed by atoms with Gasteiger partial charge in [0.25, 0.3) is 0 Å². The van der Waals surface area contributed by atoms with Crippen molar-refractivity contribution in [2.45, 2.75) is 70.6 Å². The van der Waals surface area contributed by atoms with Crippen LogP contribution in [0.2, 0.25) is 0 Å². The van der Waals surface area contributed by atoms with Crippen LogP contribution in [0, 0.1) is 5.92 Å². The molecule has 2 rings (SSSR count). The van der Waals surface area contributed by atoms with E-state index in [1.54, 1.807) is 12.1 Å². The molecule has 112 valence electrons. The van der Waals surface area contributed by atoms with Crippen molar-refractivity contribution in [3.63, 3.8) is 0 Å². The van der Waals surface area contributed by atoms with Gasteiger partial charge in [-0.3, -0.25) is 0 Å². The second-order valence-corrected chi connectivity index (χ2v) is 6.27. The van der Waals surface area contributed by atoms with E-state index in [1.807, 2.05) is 0 Å². The molecule has 1 fully saturated rings. The van der Waals surface area contributed by atoms with Gasteiger partial charge in [0.2, 0.25) is 0 Å². The van der Waals surface area contributed by atoms with Crippen LogP contribution in [-0.4, -0.2) is 10.2 Å².